The standard InChI is InChI=1S/C16H19NO3/c1-4-20-15(19)13-8-16(13)9-17(3)14(18)11-6-5-10(2)7-12(11)16/h5-7,13H,4,8-9H2,1-3H3. The minimum absolute atomic E-state index is 0.0418. The number of benzene rings is 1. The smallest absolute Gasteiger partial charge is 0.309 e. The minimum atomic E-state index is -0.226. The van der Waals surface area contributed by atoms with Gasteiger partial charge in [0.05, 0.1) is 12.5 Å². The first-order chi connectivity index (χ1) is 9.49. The van der Waals surface area contributed by atoms with Crippen molar-refractivity contribution < 1.29 is 14.3 Å². The van der Waals surface area contributed by atoms with Gasteiger partial charge in [-0.05, 0) is 31.9 Å². The number of ether oxygens (including phenoxy) is 1. The molecule has 0 radical (unpaired) electrons. The molecule has 1 fully saturated rings. The van der Waals surface area contributed by atoms with Crippen molar-refractivity contribution in [2.24, 2.45) is 5.92 Å². The second kappa shape index (κ2) is 4.33. The highest BCUT2D eigenvalue weighted by Crippen LogP contribution is 2.58. The fraction of sp³-hybridized carbons (Fsp3) is 0.500. The fourth-order valence-corrected chi connectivity index (χ4v) is 3.37. The zero-order valence-electron chi connectivity index (χ0n) is 12.1. The van der Waals surface area contributed by atoms with E-state index in [1.165, 1.54) is 0 Å². The van der Waals surface area contributed by atoms with E-state index in [4.69, 9.17) is 4.74 Å². The molecule has 2 atom stereocenters. The van der Waals surface area contributed by atoms with Crippen molar-refractivity contribution in [3.63, 3.8) is 0 Å². The minimum Gasteiger partial charge on any atom is -0.466 e. The summed E-state index contributed by atoms with van der Waals surface area (Å²) in [4.78, 5) is 26.0. The monoisotopic (exact) mass is 273 g/mol. The van der Waals surface area contributed by atoms with Gasteiger partial charge in [-0.1, -0.05) is 17.7 Å². The zero-order valence-corrected chi connectivity index (χ0v) is 12.1. The molecule has 0 bridgehead atoms. The Kier molecular flexibility index (Phi) is 2.85. The second-order valence-electron chi connectivity index (χ2n) is 5.88. The lowest BCUT2D eigenvalue weighted by Crippen LogP contribution is -2.42. The van der Waals surface area contributed by atoms with Crippen LogP contribution < -0.4 is 0 Å². The van der Waals surface area contributed by atoms with Crippen LogP contribution in [0.2, 0.25) is 0 Å². The van der Waals surface area contributed by atoms with Gasteiger partial charge >= 0.3 is 5.97 Å². The molecule has 0 aromatic heterocycles. The van der Waals surface area contributed by atoms with Crippen LogP contribution in [0, 0.1) is 12.8 Å². The summed E-state index contributed by atoms with van der Waals surface area (Å²) in [5.41, 5.74) is 2.65. The zero-order chi connectivity index (χ0) is 14.5. The van der Waals surface area contributed by atoms with Gasteiger partial charge in [0.1, 0.15) is 0 Å². The van der Waals surface area contributed by atoms with E-state index < -0.39 is 0 Å². The average molecular weight is 273 g/mol. The topological polar surface area (TPSA) is 46.6 Å². The number of likely N-dealkylation sites (N-methyl/N-ethyl adjacent to an activating group) is 1. The summed E-state index contributed by atoms with van der Waals surface area (Å²) in [6.45, 7) is 4.84. The molecule has 106 valence electrons. The number of hydrogen-bond acceptors (Lipinski definition) is 3. The number of aryl methyl sites for hydroxylation is 1. The van der Waals surface area contributed by atoms with E-state index in [0.29, 0.717) is 13.2 Å². The summed E-state index contributed by atoms with van der Waals surface area (Å²) in [5, 5.41) is 0. The molecule has 1 aromatic carbocycles. The number of fused-ring (bicyclic) bond motifs is 2. The molecule has 1 aliphatic carbocycles. The highest BCUT2D eigenvalue weighted by Gasteiger charge is 2.63. The molecule has 1 amide bonds. The van der Waals surface area contributed by atoms with Crippen LogP contribution >= 0.6 is 0 Å². The van der Waals surface area contributed by atoms with Crippen LogP contribution in [0.5, 0.6) is 0 Å². The van der Waals surface area contributed by atoms with Crippen molar-refractivity contribution in [1.82, 2.24) is 4.90 Å². The Labute approximate surface area is 118 Å². The maximum absolute atomic E-state index is 12.3. The van der Waals surface area contributed by atoms with Crippen LogP contribution in [0.1, 0.15) is 34.8 Å². The van der Waals surface area contributed by atoms with Crippen molar-refractivity contribution in [3.8, 4) is 0 Å². The molecular formula is C16H19NO3. The lowest BCUT2D eigenvalue weighted by Gasteiger charge is -2.33. The highest BCUT2D eigenvalue weighted by atomic mass is 16.5. The molecular weight excluding hydrogens is 254 g/mol. The molecule has 2 aliphatic rings. The molecule has 20 heavy (non-hydrogen) atoms. The Morgan fingerprint density at radius 3 is 2.95 bits per heavy atom. The van der Waals surface area contributed by atoms with Gasteiger partial charge in [-0.2, -0.15) is 0 Å². The summed E-state index contributed by atoms with van der Waals surface area (Å²) in [6, 6.07) is 5.88. The maximum Gasteiger partial charge on any atom is 0.309 e. The van der Waals surface area contributed by atoms with Crippen LogP contribution in [0.4, 0.5) is 0 Å². The summed E-state index contributed by atoms with van der Waals surface area (Å²) < 4.78 is 5.16. The molecule has 3 rings (SSSR count). The molecule has 1 saturated carbocycles. The Hall–Kier alpha value is -1.84. The summed E-state index contributed by atoms with van der Waals surface area (Å²) >= 11 is 0. The van der Waals surface area contributed by atoms with Gasteiger partial charge in [0.15, 0.2) is 0 Å². The molecule has 1 aromatic rings. The van der Waals surface area contributed by atoms with Gasteiger partial charge in [-0.15, -0.1) is 0 Å². The first-order valence-corrected chi connectivity index (χ1v) is 7.03. The predicted molar refractivity (Wildman–Crippen MR) is 74.6 cm³/mol. The third-order valence-corrected chi connectivity index (χ3v) is 4.45. The fourth-order valence-electron chi connectivity index (χ4n) is 3.37. The van der Waals surface area contributed by atoms with Crippen molar-refractivity contribution in [2.75, 3.05) is 20.2 Å². The maximum atomic E-state index is 12.3. The van der Waals surface area contributed by atoms with E-state index in [1.807, 2.05) is 26.0 Å². The van der Waals surface area contributed by atoms with Gasteiger partial charge in [0.2, 0.25) is 0 Å². The first-order valence-electron chi connectivity index (χ1n) is 7.03. The van der Waals surface area contributed by atoms with Gasteiger partial charge in [0, 0.05) is 24.6 Å². The molecule has 4 heteroatoms. The van der Waals surface area contributed by atoms with E-state index in [0.717, 1.165) is 23.1 Å². The quantitative estimate of drug-likeness (QED) is 0.773. The van der Waals surface area contributed by atoms with Gasteiger partial charge in [-0.25, -0.2) is 0 Å². The van der Waals surface area contributed by atoms with Crippen molar-refractivity contribution >= 4 is 11.9 Å². The van der Waals surface area contributed by atoms with Crippen LogP contribution in [-0.2, 0) is 14.9 Å². The molecule has 0 N–H and O–H groups in total. The van der Waals surface area contributed by atoms with E-state index in [9.17, 15) is 9.59 Å². The van der Waals surface area contributed by atoms with E-state index in [1.54, 1.807) is 11.9 Å². The summed E-state index contributed by atoms with van der Waals surface area (Å²) in [5.74, 6) is -0.207. The molecule has 1 aliphatic heterocycles. The largest absolute Gasteiger partial charge is 0.466 e. The third kappa shape index (κ3) is 1.74. The average Bonchev–Trinajstić information content (AvgIpc) is 3.12. The SMILES string of the molecule is CCOC(=O)C1CC12CN(C)C(=O)c1ccc(C)cc12. The number of carbonyl (C=O) groups is 2. The predicted octanol–water partition coefficient (Wildman–Crippen LogP) is 1.90. The number of hydrogen-bond donors (Lipinski definition) is 0. The Morgan fingerprint density at radius 2 is 2.25 bits per heavy atom. The molecule has 4 nitrogen and oxygen atoms in total. The number of esters is 1. The van der Waals surface area contributed by atoms with Crippen molar-refractivity contribution in [2.45, 2.75) is 25.7 Å². The van der Waals surface area contributed by atoms with Gasteiger partial charge < -0.3 is 9.64 Å². The first kappa shape index (κ1) is 13.2. The number of rotatable bonds is 2. The Balaban J connectivity index is 2.03. The number of amides is 1. The van der Waals surface area contributed by atoms with Crippen LogP contribution in [0.3, 0.4) is 0 Å². The summed E-state index contributed by atoms with van der Waals surface area (Å²) in [7, 11) is 1.80. The molecule has 1 heterocycles. The van der Waals surface area contributed by atoms with E-state index in [-0.39, 0.29) is 23.2 Å². The van der Waals surface area contributed by atoms with Crippen LogP contribution in [-0.4, -0.2) is 37.0 Å². The second-order valence-corrected chi connectivity index (χ2v) is 5.88. The van der Waals surface area contributed by atoms with Gasteiger partial charge in [-0.3, -0.25) is 9.59 Å². The third-order valence-electron chi connectivity index (χ3n) is 4.45. The molecule has 0 saturated heterocycles. The molecule has 2 unspecified atom stereocenters. The normalized spacial score (nSPS) is 27.4. The Bertz CT molecular complexity index is 595. The number of carbonyl (C=O) groups excluding carboxylic acids is 2. The molecule has 1 spiro atoms. The Morgan fingerprint density at radius 1 is 1.50 bits per heavy atom. The lowest BCUT2D eigenvalue weighted by atomic mass is 9.84. The van der Waals surface area contributed by atoms with Crippen LogP contribution in [0.15, 0.2) is 18.2 Å². The van der Waals surface area contributed by atoms with Crippen molar-refractivity contribution in [1.29, 1.82) is 0 Å². The highest BCUT2D eigenvalue weighted by molar-refractivity contribution is 5.98. The van der Waals surface area contributed by atoms with E-state index >= 15 is 0 Å². The van der Waals surface area contributed by atoms with Gasteiger partial charge in [0.25, 0.3) is 5.91 Å². The lowest BCUT2D eigenvalue weighted by molar-refractivity contribution is -0.145. The van der Waals surface area contributed by atoms with Crippen LogP contribution in [0.25, 0.3) is 0 Å². The number of nitrogens with zero attached hydrogens (tertiary/aromatic N) is 1. The summed E-state index contributed by atoms with van der Waals surface area (Å²) in [6.07, 6.45) is 0.778. The van der Waals surface area contributed by atoms with E-state index in [2.05, 4.69) is 6.07 Å². The van der Waals surface area contributed by atoms with Crippen molar-refractivity contribution in [3.05, 3.63) is 34.9 Å².